The maximum atomic E-state index is 6.64. The lowest BCUT2D eigenvalue weighted by atomic mass is 10.2. The molecule has 0 amide bonds. The Kier molecular flexibility index (Phi) is 6.82. The lowest BCUT2D eigenvalue weighted by Crippen LogP contribution is -2.11. The van der Waals surface area contributed by atoms with Crippen molar-refractivity contribution in [1.82, 2.24) is 14.8 Å². The molecule has 0 saturated carbocycles. The summed E-state index contributed by atoms with van der Waals surface area (Å²) in [5.41, 5.74) is 0.601. The summed E-state index contributed by atoms with van der Waals surface area (Å²) in [5.74, 6) is 2.63. The highest BCUT2D eigenvalue weighted by atomic mass is 35.5. The zero-order valence-electron chi connectivity index (χ0n) is 17.4. The first kappa shape index (κ1) is 21.2. The van der Waals surface area contributed by atoms with Crippen molar-refractivity contribution in [3.05, 3.63) is 35.5 Å². The number of rotatable bonds is 9. The minimum absolute atomic E-state index is 0.000597. The summed E-state index contributed by atoms with van der Waals surface area (Å²) in [6, 6.07) is 7.79. The Balaban J connectivity index is 2.07. The van der Waals surface area contributed by atoms with Gasteiger partial charge in [0.05, 0.1) is 18.2 Å². The standard InChI is InChI=1S/C21H27ClN4O3/c1-13(2)23-18-8-9-26(25-18)19-12-17(29-14(3)4)15-6-7-16(28-11-10-27-5)20(22)21(15)24-19/h6-9,12-14H,10-11H2,1-5H3,(H,23,25). The predicted octanol–water partition coefficient (Wildman–Crippen LogP) is 4.71. The van der Waals surface area contributed by atoms with Gasteiger partial charge in [0, 0.05) is 36.9 Å². The van der Waals surface area contributed by atoms with Gasteiger partial charge in [-0.15, -0.1) is 5.10 Å². The number of ether oxygens (including phenoxy) is 3. The summed E-state index contributed by atoms with van der Waals surface area (Å²) >= 11 is 6.64. The van der Waals surface area contributed by atoms with Gasteiger partial charge in [-0.2, -0.15) is 0 Å². The molecule has 2 heterocycles. The molecular weight excluding hydrogens is 392 g/mol. The van der Waals surface area contributed by atoms with Gasteiger partial charge in [-0.3, -0.25) is 0 Å². The van der Waals surface area contributed by atoms with E-state index in [1.807, 2.05) is 44.3 Å². The Labute approximate surface area is 175 Å². The van der Waals surface area contributed by atoms with E-state index in [1.54, 1.807) is 11.8 Å². The predicted molar refractivity (Wildman–Crippen MR) is 116 cm³/mol. The van der Waals surface area contributed by atoms with Gasteiger partial charge in [0.25, 0.3) is 0 Å². The first-order valence-electron chi connectivity index (χ1n) is 9.63. The fourth-order valence-corrected chi connectivity index (χ4v) is 3.10. The van der Waals surface area contributed by atoms with Crippen molar-refractivity contribution < 1.29 is 14.2 Å². The summed E-state index contributed by atoms with van der Waals surface area (Å²) in [4.78, 5) is 4.74. The number of aromatic nitrogens is 3. The van der Waals surface area contributed by atoms with Crippen LogP contribution in [0.5, 0.6) is 11.5 Å². The molecule has 3 rings (SSSR count). The number of methoxy groups -OCH3 is 1. The molecule has 0 unspecified atom stereocenters. The molecule has 0 atom stereocenters. The second kappa shape index (κ2) is 9.33. The van der Waals surface area contributed by atoms with Crippen molar-refractivity contribution in [2.24, 2.45) is 0 Å². The Morgan fingerprint density at radius 1 is 1.10 bits per heavy atom. The second-order valence-electron chi connectivity index (χ2n) is 7.20. The van der Waals surface area contributed by atoms with E-state index in [0.717, 1.165) is 11.2 Å². The molecule has 3 aromatic rings. The zero-order chi connectivity index (χ0) is 21.0. The first-order chi connectivity index (χ1) is 13.9. The first-order valence-corrected chi connectivity index (χ1v) is 10.0. The number of benzene rings is 1. The normalized spacial score (nSPS) is 11.4. The third kappa shape index (κ3) is 5.10. The second-order valence-corrected chi connectivity index (χ2v) is 7.58. The number of hydrogen-bond donors (Lipinski definition) is 1. The average molecular weight is 419 g/mol. The lowest BCUT2D eigenvalue weighted by Gasteiger charge is -2.16. The van der Waals surface area contributed by atoms with Crippen LogP contribution in [0.1, 0.15) is 27.7 Å². The van der Waals surface area contributed by atoms with Gasteiger partial charge in [0.15, 0.2) is 5.82 Å². The van der Waals surface area contributed by atoms with Crippen LogP contribution in [-0.4, -0.2) is 47.2 Å². The Morgan fingerprint density at radius 3 is 2.59 bits per heavy atom. The molecule has 0 aliphatic heterocycles. The molecule has 1 N–H and O–H groups in total. The number of nitrogens with zero attached hydrogens (tertiary/aromatic N) is 3. The van der Waals surface area contributed by atoms with Crippen LogP contribution in [0.2, 0.25) is 5.02 Å². The molecule has 0 saturated heterocycles. The van der Waals surface area contributed by atoms with Gasteiger partial charge >= 0.3 is 0 Å². The summed E-state index contributed by atoms with van der Waals surface area (Å²) in [5, 5.41) is 9.09. The van der Waals surface area contributed by atoms with Crippen LogP contribution in [0.25, 0.3) is 16.7 Å². The summed E-state index contributed by atoms with van der Waals surface area (Å²) in [6.07, 6.45) is 1.85. The summed E-state index contributed by atoms with van der Waals surface area (Å²) in [6.45, 7) is 8.96. The maximum Gasteiger partial charge on any atom is 0.157 e. The van der Waals surface area contributed by atoms with E-state index in [1.165, 1.54) is 0 Å². The van der Waals surface area contributed by atoms with E-state index in [9.17, 15) is 0 Å². The SMILES string of the molecule is COCCOc1ccc2c(OC(C)C)cc(-n3ccc(NC(C)C)n3)nc2c1Cl. The quantitative estimate of drug-likeness (QED) is 0.507. The highest BCUT2D eigenvalue weighted by molar-refractivity contribution is 6.36. The largest absolute Gasteiger partial charge is 0.490 e. The van der Waals surface area contributed by atoms with Crippen LogP contribution in [0.4, 0.5) is 5.82 Å². The molecule has 0 spiro atoms. The lowest BCUT2D eigenvalue weighted by molar-refractivity contribution is 0.146. The van der Waals surface area contributed by atoms with Gasteiger partial charge in [0.2, 0.25) is 0 Å². The van der Waals surface area contributed by atoms with Gasteiger partial charge in [-0.05, 0) is 39.8 Å². The minimum Gasteiger partial charge on any atom is -0.490 e. The molecule has 2 aromatic heterocycles. The van der Waals surface area contributed by atoms with Crippen molar-refractivity contribution in [2.75, 3.05) is 25.6 Å². The van der Waals surface area contributed by atoms with E-state index < -0.39 is 0 Å². The van der Waals surface area contributed by atoms with E-state index in [2.05, 4.69) is 24.3 Å². The van der Waals surface area contributed by atoms with E-state index in [4.69, 9.17) is 30.8 Å². The van der Waals surface area contributed by atoms with Crippen LogP contribution < -0.4 is 14.8 Å². The molecule has 0 aliphatic rings. The topological polar surface area (TPSA) is 70.4 Å². The van der Waals surface area contributed by atoms with Crippen LogP contribution in [0.3, 0.4) is 0 Å². The highest BCUT2D eigenvalue weighted by Gasteiger charge is 2.16. The molecule has 7 nitrogen and oxygen atoms in total. The van der Waals surface area contributed by atoms with E-state index in [0.29, 0.717) is 41.1 Å². The fourth-order valence-electron chi connectivity index (χ4n) is 2.84. The molecule has 29 heavy (non-hydrogen) atoms. The van der Waals surface area contributed by atoms with E-state index in [-0.39, 0.29) is 12.1 Å². The summed E-state index contributed by atoms with van der Waals surface area (Å²) < 4.78 is 18.5. The van der Waals surface area contributed by atoms with Gasteiger partial charge < -0.3 is 19.5 Å². The Morgan fingerprint density at radius 2 is 1.90 bits per heavy atom. The van der Waals surface area contributed by atoms with Crippen LogP contribution in [0, 0.1) is 0 Å². The zero-order valence-corrected chi connectivity index (χ0v) is 18.2. The number of nitrogens with one attached hydrogen (secondary N) is 1. The summed E-state index contributed by atoms with van der Waals surface area (Å²) in [7, 11) is 1.63. The number of pyridine rings is 1. The molecule has 0 radical (unpaired) electrons. The van der Waals surface area contributed by atoms with Crippen LogP contribution >= 0.6 is 11.6 Å². The smallest absolute Gasteiger partial charge is 0.157 e. The number of fused-ring (bicyclic) bond motifs is 1. The Hall–Kier alpha value is -2.51. The third-order valence-electron chi connectivity index (χ3n) is 4.00. The molecular formula is C21H27ClN4O3. The third-order valence-corrected chi connectivity index (χ3v) is 4.37. The highest BCUT2D eigenvalue weighted by Crippen LogP contribution is 2.37. The van der Waals surface area contributed by atoms with Crippen molar-refractivity contribution >= 4 is 28.3 Å². The molecule has 0 bridgehead atoms. The van der Waals surface area contributed by atoms with Gasteiger partial charge in [-0.25, -0.2) is 9.67 Å². The van der Waals surface area contributed by atoms with Crippen LogP contribution in [-0.2, 0) is 4.74 Å². The molecule has 156 valence electrons. The Bertz CT molecular complexity index is 972. The van der Waals surface area contributed by atoms with Crippen molar-refractivity contribution in [3.8, 4) is 17.3 Å². The van der Waals surface area contributed by atoms with E-state index >= 15 is 0 Å². The van der Waals surface area contributed by atoms with Crippen molar-refractivity contribution in [1.29, 1.82) is 0 Å². The van der Waals surface area contributed by atoms with Crippen molar-refractivity contribution in [2.45, 2.75) is 39.8 Å². The van der Waals surface area contributed by atoms with Gasteiger partial charge in [-0.1, -0.05) is 11.6 Å². The van der Waals surface area contributed by atoms with Crippen LogP contribution in [0.15, 0.2) is 30.5 Å². The fraction of sp³-hybridized carbons (Fsp3) is 0.429. The molecule has 0 fully saturated rings. The number of anilines is 1. The molecule has 1 aromatic carbocycles. The monoisotopic (exact) mass is 418 g/mol. The van der Waals surface area contributed by atoms with Gasteiger partial charge in [0.1, 0.15) is 28.9 Å². The molecule has 8 heteroatoms. The number of hydrogen-bond acceptors (Lipinski definition) is 6. The average Bonchev–Trinajstić information content (AvgIpc) is 3.11. The number of halogens is 1. The minimum atomic E-state index is 0.000597. The molecule has 0 aliphatic carbocycles. The van der Waals surface area contributed by atoms with Crippen molar-refractivity contribution in [3.63, 3.8) is 0 Å². The maximum absolute atomic E-state index is 6.64.